The fraction of sp³-hybridized carbons (Fsp3) is 0.579. The van der Waals surface area contributed by atoms with E-state index >= 15 is 0 Å². The summed E-state index contributed by atoms with van der Waals surface area (Å²) in [6.45, 7) is 8.78. The number of carbonyl (C=O) groups excluding carboxylic acids is 1. The maximum Gasteiger partial charge on any atom is 0.503 e. The Kier molecular flexibility index (Phi) is 7.75. The number of hydrogen-bond donors (Lipinski definition) is 3. The number of carbonyl (C=O) groups is 2. The fourth-order valence-corrected chi connectivity index (χ4v) is 3.17. The molecule has 1 amide bonds. The third-order valence-corrected chi connectivity index (χ3v) is 4.81. The number of hydrogen-bond acceptors (Lipinski definition) is 2. The monoisotopic (exact) mass is 335 g/mol. The van der Waals surface area contributed by atoms with Crippen LogP contribution in [-0.4, -0.2) is 28.3 Å². The lowest BCUT2D eigenvalue weighted by atomic mass is 9.79. The van der Waals surface area contributed by atoms with Gasteiger partial charge in [0, 0.05) is 6.04 Å². The summed E-state index contributed by atoms with van der Waals surface area (Å²) in [5.74, 6) is 1.68. The molecule has 5 nitrogen and oxygen atoms in total. The van der Waals surface area contributed by atoms with Gasteiger partial charge in [0.15, 0.2) is 0 Å². The van der Waals surface area contributed by atoms with Crippen molar-refractivity contribution >= 4 is 12.1 Å². The van der Waals surface area contributed by atoms with Gasteiger partial charge in [-0.25, -0.2) is 4.79 Å². The van der Waals surface area contributed by atoms with Gasteiger partial charge in [0.25, 0.3) is 0 Å². The predicted molar refractivity (Wildman–Crippen MR) is 94.4 cm³/mol. The molecule has 0 heterocycles. The summed E-state index contributed by atoms with van der Waals surface area (Å²) < 4.78 is 0. The van der Waals surface area contributed by atoms with E-state index < -0.39 is 6.16 Å². The second-order valence-corrected chi connectivity index (χ2v) is 6.92. The minimum Gasteiger partial charge on any atom is -0.450 e. The van der Waals surface area contributed by atoms with E-state index in [2.05, 4.69) is 51.2 Å². The number of aryl methyl sites for hydroxylation is 2. The number of nitrogens with one attached hydrogen (secondary N) is 1. The summed E-state index contributed by atoms with van der Waals surface area (Å²) in [7, 11) is 0. The zero-order valence-electron chi connectivity index (χ0n) is 15.0. The molecule has 134 valence electrons. The summed E-state index contributed by atoms with van der Waals surface area (Å²) in [6.07, 6.45) is 2.16. The lowest BCUT2D eigenvalue weighted by Gasteiger charge is -2.32. The van der Waals surface area contributed by atoms with Crippen molar-refractivity contribution in [2.24, 2.45) is 11.8 Å². The van der Waals surface area contributed by atoms with Crippen molar-refractivity contribution in [1.82, 2.24) is 5.32 Å². The van der Waals surface area contributed by atoms with Crippen molar-refractivity contribution in [2.75, 3.05) is 0 Å². The normalized spacial score (nSPS) is 22.9. The van der Waals surface area contributed by atoms with Gasteiger partial charge in [0.2, 0.25) is 5.91 Å². The molecule has 5 heteroatoms. The molecule has 3 unspecified atom stereocenters. The summed E-state index contributed by atoms with van der Waals surface area (Å²) in [5.41, 5.74) is 3.61. The van der Waals surface area contributed by atoms with E-state index in [1.165, 1.54) is 17.5 Å². The van der Waals surface area contributed by atoms with Gasteiger partial charge in [-0.2, -0.15) is 0 Å². The van der Waals surface area contributed by atoms with Crippen molar-refractivity contribution in [1.29, 1.82) is 0 Å². The molecule has 3 atom stereocenters. The Morgan fingerprint density at radius 3 is 2.29 bits per heavy atom. The minimum absolute atomic E-state index is 0.170. The van der Waals surface area contributed by atoms with Crippen LogP contribution in [0.3, 0.4) is 0 Å². The predicted octanol–water partition coefficient (Wildman–Crippen LogP) is 4.01. The largest absolute Gasteiger partial charge is 0.503 e. The summed E-state index contributed by atoms with van der Waals surface area (Å²) in [6, 6.07) is 6.68. The van der Waals surface area contributed by atoms with Crippen molar-refractivity contribution in [2.45, 2.75) is 59.4 Å². The molecule has 0 saturated heterocycles. The van der Waals surface area contributed by atoms with Gasteiger partial charge in [0.05, 0.1) is 6.42 Å². The molecule has 0 spiro atoms. The average molecular weight is 335 g/mol. The summed E-state index contributed by atoms with van der Waals surface area (Å²) in [4.78, 5) is 20.8. The maximum atomic E-state index is 12.2. The molecule has 0 radical (unpaired) electrons. The maximum absolute atomic E-state index is 12.2. The molecule has 0 aromatic heterocycles. The van der Waals surface area contributed by atoms with Gasteiger partial charge in [-0.15, -0.1) is 0 Å². The molecule has 1 saturated carbocycles. The Bertz CT molecular complexity index is 566. The van der Waals surface area contributed by atoms with E-state index in [-0.39, 0.29) is 5.91 Å². The Morgan fingerprint density at radius 2 is 1.75 bits per heavy atom. The lowest BCUT2D eigenvalue weighted by molar-refractivity contribution is -0.121. The van der Waals surface area contributed by atoms with Crippen LogP contribution in [0, 0.1) is 25.7 Å². The van der Waals surface area contributed by atoms with E-state index in [0.29, 0.717) is 12.5 Å². The van der Waals surface area contributed by atoms with Crippen LogP contribution in [0.4, 0.5) is 4.79 Å². The van der Waals surface area contributed by atoms with Gasteiger partial charge in [0.1, 0.15) is 0 Å². The third kappa shape index (κ3) is 7.02. The van der Waals surface area contributed by atoms with Gasteiger partial charge in [-0.05, 0) is 56.1 Å². The van der Waals surface area contributed by atoms with E-state index in [4.69, 9.17) is 15.0 Å². The highest BCUT2D eigenvalue weighted by Gasteiger charge is 2.25. The zero-order valence-corrected chi connectivity index (χ0v) is 15.0. The van der Waals surface area contributed by atoms with Crippen molar-refractivity contribution in [3.63, 3.8) is 0 Å². The van der Waals surface area contributed by atoms with E-state index in [1.807, 2.05) is 0 Å². The van der Waals surface area contributed by atoms with Gasteiger partial charge >= 0.3 is 6.16 Å². The first-order chi connectivity index (χ1) is 11.2. The standard InChI is InChI=1S/C18H27NO.CH2O3/c1-12-5-7-16(15(4)9-12)11-18(20)19-17-8-6-13(2)14(3)10-17;2-1(3)4/h5,7,9,13-14,17H,6,8,10-11H2,1-4H3,(H,19,20);(H2,2,3,4). The molecule has 0 aliphatic heterocycles. The molecule has 1 aromatic carbocycles. The molecular weight excluding hydrogens is 306 g/mol. The van der Waals surface area contributed by atoms with Crippen LogP contribution in [0.25, 0.3) is 0 Å². The van der Waals surface area contributed by atoms with E-state index in [1.54, 1.807) is 0 Å². The lowest BCUT2D eigenvalue weighted by Crippen LogP contribution is -2.40. The first-order valence-electron chi connectivity index (χ1n) is 8.46. The third-order valence-electron chi connectivity index (χ3n) is 4.81. The Hall–Kier alpha value is -2.04. The van der Waals surface area contributed by atoms with Crippen LogP contribution in [0.2, 0.25) is 0 Å². The van der Waals surface area contributed by atoms with Gasteiger partial charge < -0.3 is 15.5 Å². The Balaban J connectivity index is 0.000000648. The first-order valence-corrected chi connectivity index (χ1v) is 8.46. The van der Waals surface area contributed by atoms with Gasteiger partial charge in [-0.3, -0.25) is 4.79 Å². The van der Waals surface area contributed by atoms with Gasteiger partial charge in [-0.1, -0.05) is 37.6 Å². The van der Waals surface area contributed by atoms with E-state index in [0.717, 1.165) is 30.2 Å². The fourth-order valence-electron chi connectivity index (χ4n) is 3.17. The second-order valence-electron chi connectivity index (χ2n) is 6.92. The van der Waals surface area contributed by atoms with Crippen LogP contribution >= 0.6 is 0 Å². The summed E-state index contributed by atoms with van der Waals surface area (Å²) in [5, 5.41) is 17.2. The molecule has 1 aliphatic rings. The number of rotatable bonds is 3. The van der Waals surface area contributed by atoms with Crippen molar-refractivity contribution in [3.05, 3.63) is 34.9 Å². The highest BCUT2D eigenvalue weighted by molar-refractivity contribution is 5.79. The molecule has 3 N–H and O–H groups in total. The molecule has 0 bridgehead atoms. The quantitative estimate of drug-likeness (QED) is 0.779. The highest BCUT2D eigenvalue weighted by Crippen LogP contribution is 2.29. The molecule has 1 fully saturated rings. The highest BCUT2D eigenvalue weighted by atomic mass is 16.6. The second kappa shape index (κ2) is 9.30. The molecule has 1 aromatic rings. The molecule has 24 heavy (non-hydrogen) atoms. The average Bonchev–Trinajstić information content (AvgIpc) is 2.45. The van der Waals surface area contributed by atoms with Crippen LogP contribution in [0.5, 0.6) is 0 Å². The SMILES string of the molecule is Cc1ccc(CC(=O)NC2CCC(C)C(C)C2)c(C)c1.O=C(O)O. The first kappa shape index (κ1) is 20.0. The minimum atomic E-state index is -1.83. The molecule has 2 rings (SSSR count). The van der Waals surface area contributed by atoms with Crippen LogP contribution in [0.1, 0.15) is 49.8 Å². The Morgan fingerprint density at radius 1 is 1.12 bits per heavy atom. The van der Waals surface area contributed by atoms with Crippen LogP contribution < -0.4 is 5.32 Å². The smallest absolute Gasteiger partial charge is 0.450 e. The van der Waals surface area contributed by atoms with E-state index in [9.17, 15) is 4.79 Å². The summed E-state index contributed by atoms with van der Waals surface area (Å²) >= 11 is 0. The topological polar surface area (TPSA) is 86.6 Å². The molecule has 1 aliphatic carbocycles. The zero-order chi connectivity index (χ0) is 18.3. The van der Waals surface area contributed by atoms with Crippen LogP contribution in [-0.2, 0) is 11.2 Å². The number of benzene rings is 1. The number of carboxylic acid groups (broad SMARTS) is 2. The van der Waals surface area contributed by atoms with Crippen molar-refractivity contribution < 1.29 is 19.8 Å². The molecular formula is C19H29NO4. The Labute approximate surface area is 144 Å². The van der Waals surface area contributed by atoms with Crippen LogP contribution in [0.15, 0.2) is 18.2 Å². The number of amides is 1. The van der Waals surface area contributed by atoms with Crippen molar-refractivity contribution in [3.8, 4) is 0 Å².